The minimum Gasteiger partial charge on any atom is -0.0848 e. The lowest BCUT2D eigenvalue weighted by Gasteiger charge is -2.19. The van der Waals surface area contributed by atoms with Crippen molar-refractivity contribution >= 4 is 0 Å². The van der Waals surface area contributed by atoms with Gasteiger partial charge in [-0.25, -0.2) is 0 Å². The molecule has 9 heavy (non-hydrogen) atoms. The number of fused-ring (bicyclic) bond motifs is 2. The Bertz CT molecular complexity index is 130. The van der Waals surface area contributed by atoms with Crippen LogP contribution in [0.15, 0.2) is 12.2 Å². The zero-order chi connectivity index (χ0) is 6.43. The van der Waals surface area contributed by atoms with Crippen molar-refractivity contribution in [1.29, 1.82) is 0 Å². The van der Waals surface area contributed by atoms with Gasteiger partial charge >= 0.3 is 0 Å². The van der Waals surface area contributed by atoms with Crippen LogP contribution in [0.25, 0.3) is 0 Å². The van der Waals surface area contributed by atoms with Crippen LogP contribution in [-0.2, 0) is 0 Å². The molecule has 0 aromatic rings. The molecule has 0 N–H and O–H groups in total. The molecule has 2 bridgehead atoms. The van der Waals surface area contributed by atoms with Crippen LogP contribution >= 0.6 is 0 Å². The summed E-state index contributed by atoms with van der Waals surface area (Å²) in [5, 5.41) is 0. The fourth-order valence-electron chi connectivity index (χ4n) is 2.32. The lowest BCUT2D eigenvalue weighted by atomic mass is 9.86. The summed E-state index contributed by atoms with van der Waals surface area (Å²) in [7, 11) is 0. The molecule has 0 unspecified atom stereocenters. The Morgan fingerprint density at radius 3 is 1.67 bits per heavy atom. The van der Waals surface area contributed by atoms with Crippen molar-refractivity contribution in [2.45, 2.75) is 20.3 Å². The van der Waals surface area contributed by atoms with Crippen molar-refractivity contribution in [2.75, 3.05) is 0 Å². The van der Waals surface area contributed by atoms with Gasteiger partial charge in [-0.15, -0.1) is 0 Å². The first-order valence-corrected chi connectivity index (χ1v) is 3.97. The van der Waals surface area contributed by atoms with Crippen LogP contribution in [0.3, 0.4) is 0 Å². The van der Waals surface area contributed by atoms with Crippen molar-refractivity contribution in [2.24, 2.45) is 23.7 Å². The summed E-state index contributed by atoms with van der Waals surface area (Å²) in [6.07, 6.45) is 6.27. The van der Waals surface area contributed by atoms with E-state index in [1.165, 1.54) is 6.42 Å². The van der Waals surface area contributed by atoms with Gasteiger partial charge in [0.2, 0.25) is 0 Å². The highest BCUT2D eigenvalue weighted by atomic mass is 14.4. The molecular formula is C9H14. The molecule has 0 radical (unpaired) electrons. The highest BCUT2D eigenvalue weighted by Crippen LogP contribution is 2.47. The van der Waals surface area contributed by atoms with E-state index in [1.807, 2.05) is 0 Å². The summed E-state index contributed by atoms with van der Waals surface area (Å²) in [4.78, 5) is 0. The minimum atomic E-state index is 0.935. The minimum absolute atomic E-state index is 0.935. The van der Waals surface area contributed by atoms with Gasteiger partial charge in [-0.1, -0.05) is 26.0 Å². The van der Waals surface area contributed by atoms with E-state index in [-0.39, 0.29) is 0 Å². The number of hydrogen-bond donors (Lipinski definition) is 0. The maximum atomic E-state index is 2.41. The highest BCUT2D eigenvalue weighted by Gasteiger charge is 2.38. The normalized spacial score (nSPS) is 54.9. The molecule has 0 aromatic carbocycles. The molecule has 0 aliphatic heterocycles. The second kappa shape index (κ2) is 1.62. The lowest BCUT2D eigenvalue weighted by molar-refractivity contribution is 0.364. The van der Waals surface area contributed by atoms with E-state index in [1.54, 1.807) is 0 Å². The van der Waals surface area contributed by atoms with Crippen molar-refractivity contribution in [3.63, 3.8) is 0 Å². The summed E-state index contributed by atoms with van der Waals surface area (Å²) in [5.41, 5.74) is 0. The first-order chi connectivity index (χ1) is 4.29. The molecule has 1 saturated carbocycles. The Balaban J connectivity index is 2.26. The van der Waals surface area contributed by atoms with Crippen LogP contribution in [0.1, 0.15) is 20.3 Å². The van der Waals surface area contributed by atoms with E-state index in [4.69, 9.17) is 0 Å². The molecule has 0 aromatic heterocycles. The summed E-state index contributed by atoms with van der Waals surface area (Å²) in [6, 6.07) is 0. The molecule has 0 heteroatoms. The first kappa shape index (κ1) is 5.52. The van der Waals surface area contributed by atoms with Crippen LogP contribution in [0.4, 0.5) is 0 Å². The van der Waals surface area contributed by atoms with Gasteiger partial charge in [-0.3, -0.25) is 0 Å². The third kappa shape index (κ3) is 0.593. The van der Waals surface area contributed by atoms with E-state index in [0.29, 0.717) is 0 Å². The van der Waals surface area contributed by atoms with Gasteiger partial charge in [0, 0.05) is 0 Å². The van der Waals surface area contributed by atoms with Crippen LogP contribution in [0.5, 0.6) is 0 Å². The second-order valence-corrected chi connectivity index (χ2v) is 3.67. The molecule has 2 aliphatic carbocycles. The van der Waals surface area contributed by atoms with Crippen LogP contribution in [0.2, 0.25) is 0 Å². The van der Waals surface area contributed by atoms with Crippen LogP contribution < -0.4 is 0 Å². The molecule has 0 spiro atoms. The molecule has 0 heterocycles. The van der Waals surface area contributed by atoms with Crippen molar-refractivity contribution in [3.05, 3.63) is 12.2 Å². The van der Waals surface area contributed by atoms with Gasteiger partial charge in [-0.05, 0) is 30.1 Å². The molecule has 0 amide bonds. The topological polar surface area (TPSA) is 0 Å². The van der Waals surface area contributed by atoms with Crippen LogP contribution in [-0.4, -0.2) is 0 Å². The molecule has 2 aliphatic rings. The Morgan fingerprint density at radius 1 is 1.00 bits per heavy atom. The van der Waals surface area contributed by atoms with Gasteiger partial charge < -0.3 is 0 Å². The average Bonchev–Trinajstić information content (AvgIpc) is 2.37. The standard InChI is InChI=1S/C9H14/c1-6-7(2)9-4-3-8(6)5-9/h3-4,6-9H,5H2,1-2H3/t6-,7-,8+,9+/m1/s1. The van der Waals surface area contributed by atoms with E-state index >= 15 is 0 Å². The largest absolute Gasteiger partial charge is 0.0848 e. The maximum Gasteiger partial charge on any atom is -0.0199 e. The Morgan fingerprint density at radius 2 is 1.44 bits per heavy atom. The zero-order valence-corrected chi connectivity index (χ0v) is 6.17. The third-order valence-corrected chi connectivity index (χ3v) is 3.33. The summed E-state index contributed by atoms with van der Waals surface area (Å²) in [5.74, 6) is 3.79. The molecular weight excluding hydrogens is 108 g/mol. The van der Waals surface area contributed by atoms with Gasteiger partial charge in [0.1, 0.15) is 0 Å². The fraction of sp³-hybridized carbons (Fsp3) is 0.778. The Labute approximate surface area is 57.0 Å². The van der Waals surface area contributed by atoms with E-state index in [0.717, 1.165) is 23.7 Å². The summed E-state index contributed by atoms with van der Waals surface area (Å²) >= 11 is 0. The van der Waals surface area contributed by atoms with Gasteiger partial charge in [0.15, 0.2) is 0 Å². The van der Waals surface area contributed by atoms with Crippen molar-refractivity contribution in [3.8, 4) is 0 Å². The lowest BCUT2D eigenvalue weighted by Crippen LogP contribution is -2.12. The van der Waals surface area contributed by atoms with Crippen molar-refractivity contribution in [1.82, 2.24) is 0 Å². The quantitative estimate of drug-likeness (QED) is 0.433. The van der Waals surface area contributed by atoms with Crippen LogP contribution in [0, 0.1) is 23.7 Å². The second-order valence-electron chi connectivity index (χ2n) is 3.67. The monoisotopic (exact) mass is 122 g/mol. The Kier molecular flexibility index (Phi) is 0.992. The molecule has 2 rings (SSSR count). The van der Waals surface area contributed by atoms with Gasteiger partial charge in [0.05, 0.1) is 0 Å². The van der Waals surface area contributed by atoms with E-state index < -0.39 is 0 Å². The molecule has 0 nitrogen and oxygen atoms in total. The van der Waals surface area contributed by atoms with Gasteiger partial charge in [0.25, 0.3) is 0 Å². The average molecular weight is 122 g/mol. The number of allylic oxidation sites excluding steroid dienone is 2. The molecule has 1 fully saturated rings. The third-order valence-electron chi connectivity index (χ3n) is 3.33. The SMILES string of the molecule is C[C@@H]1[C@@H](C)[C@H]2C=C[C@H]1C2. The molecule has 0 saturated heterocycles. The van der Waals surface area contributed by atoms with E-state index in [9.17, 15) is 0 Å². The predicted octanol–water partition coefficient (Wildman–Crippen LogP) is 2.46. The zero-order valence-electron chi connectivity index (χ0n) is 6.17. The summed E-state index contributed by atoms with van der Waals surface area (Å²) < 4.78 is 0. The smallest absolute Gasteiger partial charge is 0.0199 e. The van der Waals surface area contributed by atoms with Gasteiger partial charge in [-0.2, -0.15) is 0 Å². The van der Waals surface area contributed by atoms with E-state index in [2.05, 4.69) is 26.0 Å². The predicted molar refractivity (Wildman–Crippen MR) is 39.1 cm³/mol. The molecule has 50 valence electrons. The summed E-state index contributed by atoms with van der Waals surface area (Å²) in [6.45, 7) is 4.78. The highest BCUT2D eigenvalue weighted by molar-refractivity contribution is 5.11. The number of hydrogen-bond acceptors (Lipinski definition) is 0. The first-order valence-electron chi connectivity index (χ1n) is 3.97. The maximum absolute atomic E-state index is 2.41. The molecule has 4 atom stereocenters. The fourth-order valence-corrected chi connectivity index (χ4v) is 2.32. The van der Waals surface area contributed by atoms with Crippen molar-refractivity contribution < 1.29 is 0 Å². The number of rotatable bonds is 0. The Hall–Kier alpha value is -0.260.